The molecule has 0 unspecified atom stereocenters. The number of benzene rings is 1. The highest BCUT2D eigenvalue weighted by atomic mass is 35.5. The van der Waals surface area contributed by atoms with Crippen LogP contribution in [0.4, 0.5) is 5.82 Å². The van der Waals surface area contributed by atoms with Gasteiger partial charge in [-0.15, -0.1) is 0 Å². The average molecular weight is 454 g/mol. The van der Waals surface area contributed by atoms with Crippen molar-refractivity contribution in [2.75, 3.05) is 25.6 Å². The number of methoxy groups -OCH3 is 1. The summed E-state index contributed by atoms with van der Waals surface area (Å²) in [4.78, 5) is 29.2. The number of carbonyl (C=O) groups excluding carboxylic acids is 2. The molecule has 9 nitrogen and oxygen atoms in total. The second-order valence-electron chi connectivity index (χ2n) is 6.70. The number of halogens is 1. The van der Waals surface area contributed by atoms with Crippen LogP contribution in [0.1, 0.15) is 17.4 Å². The number of esters is 2. The normalized spacial score (nSPS) is 10.8. The lowest BCUT2D eigenvalue weighted by Crippen LogP contribution is -2.16. The molecule has 0 aliphatic rings. The molecule has 1 N–H and O–H groups in total. The Morgan fingerprint density at radius 1 is 1.16 bits per heavy atom. The van der Waals surface area contributed by atoms with Crippen LogP contribution >= 0.6 is 11.6 Å². The van der Waals surface area contributed by atoms with Gasteiger partial charge in [-0.25, -0.2) is 14.5 Å². The molecule has 0 bridgehead atoms. The molecule has 10 heteroatoms. The van der Waals surface area contributed by atoms with Crippen LogP contribution in [0.5, 0.6) is 0 Å². The zero-order chi connectivity index (χ0) is 22.7. The van der Waals surface area contributed by atoms with Crippen molar-refractivity contribution in [3.05, 3.63) is 65.6 Å². The number of imidazole rings is 1. The van der Waals surface area contributed by atoms with Gasteiger partial charge in [0.15, 0.2) is 5.69 Å². The van der Waals surface area contributed by atoms with E-state index >= 15 is 0 Å². The topological polar surface area (TPSA) is 99.8 Å². The summed E-state index contributed by atoms with van der Waals surface area (Å²) >= 11 is 6.00. The van der Waals surface area contributed by atoms with Crippen LogP contribution in [0.2, 0.25) is 5.02 Å². The summed E-state index contributed by atoms with van der Waals surface area (Å²) in [5, 5.41) is 8.10. The van der Waals surface area contributed by atoms with Crippen LogP contribution in [0.25, 0.3) is 22.6 Å². The summed E-state index contributed by atoms with van der Waals surface area (Å²) in [7, 11) is 1.31. The van der Waals surface area contributed by atoms with Crippen molar-refractivity contribution < 1.29 is 19.1 Å². The maximum Gasteiger partial charge on any atom is 0.359 e. The van der Waals surface area contributed by atoms with Crippen molar-refractivity contribution in [1.82, 2.24) is 19.2 Å². The molecule has 0 saturated heterocycles. The molecule has 4 rings (SSSR count). The number of rotatable bonds is 7. The monoisotopic (exact) mass is 453 g/mol. The fourth-order valence-corrected chi connectivity index (χ4v) is 3.33. The number of hydrogen-bond acceptors (Lipinski definition) is 7. The first-order chi connectivity index (χ1) is 15.5. The summed E-state index contributed by atoms with van der Waals surface area (Å²) in [6.07, 6.45) is 3.50. The minimum atomic E-state index is -0.578. The number of aromatic nitrogens is 4. The number of pyridine rings is 1. The van der Waals surface area contributed by atoms with Crippen LogP contribution in [0, 0.1) is 0 Å². The van der Waals surface area contributed by atoms with Crippen LogP contribution in [-0.4, -0.2) is 51.4 Å². The first kappa shape index (κ1) is 21.4. The van der Waals surface area contributed by atoms with Gasteiger partial charge in [0.05, 0.1) is 25.0 Å². The number of anilines is 1. The molecule has 3 heterocycles. The van der Waals surface area contributed by atoms with Gasteiger partial charge in [-0.2, -0.15) is 5.10 Å². The van der Waals surface area contributed by atoms with Gasteiger partial charge in [-0.1, -0.05) is 17.7 Å². The van der Waals surface area contributed by atoms with Gasteiger partial charge in [0.25, 0.3) is 0 Å². The van der Waals surface area contributed by atoms with Crippen molar-refractivity contribution >= 4 is 35.0 Å². The van der Waals surface area contributed by atoms with E-state index in [9.17, 15) is 9.59 Å². The second kappa shape index (κ2) is 9.11. The van der Waals surface area contributed by atoms with Crippen LogP contribution in [-0.2, 0) is 14.3 Å². The molecule has 0 radical (unpaired) electrons. The first-order valence-electron chi connectivity index (χ1n) is 9.82. The van der Waals surface area contributed by atoms with Crippen LogP contribution in [0.15, 0.2) is 54.9 Å². The Labute approximate surface area is 188 Å². The predicted molar refractivity (Wildman–Crippen MR) is 119 cm³/mol. The second-order valence-corrected chi connectivity index (χ2v) is 7.14. The molecular weight excluding hydrogens is 434 g/mol. The van der Waals surface area contributed by atoms with Gasteiger partial charge in [0.2, 0.25) is 0 Å². The third-order valence-corrected chi connectivity index (χ3v) is 4.94. The third-order valence-electron chi connectivity index (χ3n) is 4.69. The van der Waals surface area contributed by atoms with E-state index in [0.717, 1.165) is 0 Å². The lowest BCUT2D eigenvalue weighted by molar-refractivity contribution is -0.138. The van der Waals surface area contributed by atoms with E-state index in [1.165, 1.54) is 7.11 Å². The fourth-order valence-electron chi connectivity index (χ4n) is 3.20. The summed E-state index contributed by atoms with van der Waals surface area (Å²) in [6.45, 7) is 1.85. The summed E-state index contributed by atoms with van der Waals surface area (Å²) in [5.41, 5.74) is 2.34. The lowest BCUT2D eigenvalue weighted by Gasteiger charge is -2.07. The molecule has 0 aliphatic heterocycles. The molecule has 32 heavy (non-hydrogen) atoms. The Balaban J connectivity index is 1.88. The van der Waals surface area contributed by atoms with Crippen molar-refractivity contribution in [3.63, 3.8) is 0 Å². The number of ether oxygens (including phenoxy) is 2. The molecule has 4 aromatic rings. The molecule has 0 aliphatic carbocycles. The maximum absolute atomic E-state index is 12.7. The van der Waals surface area contributed by atoms with Gasteiger partial charge in [-0.3, -0.25) is 9.20 Å². The number of carbonyl (C=O) groups is 2. The minimum Gasteiger partial charge on any atom is -0.468 e. The Bertz CT molecular complexity index is 1280. The molecule has 0 amide bonds. The SMILES string of the molecule is CCOC(=O)c1nn(-c2ccc(Cl)cc2)cc1-c1nc2ccccn2c1NCC(=O)OC. The minimum absolute atomic E-state index is 0.0771. The van der Waals surface area contributed by atoms with Crippen LogP contribution < -0.4 is 5.32 Å². The molecular formula is C22H20ClN5O4. The van der Waals surface area contributed by atoms with E-state index in [2.05, 4.69) is 15.4 Å². The van der Waals surface area contributed by atoms with E-state index < -0.39 is 11.9 Å². The number of nitrogens with one attached hydrogen (secondary N) is 1. The number of fused-ring (bicyclic) bond motifs is 1. The van der Waals surface area contributed by atoms with Crippen molar-refractivity contribution in [2.45, 2.75) is 6.92 Å². The molecule has 0 spiro atoms. The summed E-state index contributed by atoms with van der Waals surface area (Å²) in [6, 6.07) is 12.5. The average Bonchev–Trinajstić information content (AvgIpc) is 3.40. The van der Waals surface area contributed by atoms with E-state index in [1.807, 2.05) is 18.2 Å². The smallest absolute Gasteiger partial charge is 0.359 e. The van der Waals surface area contributed by atoms with Crippen molar-refractivity contribution in [1.29, 1.82) is 0 Å². The van der Waals surface area contributed by atoms with E-state index in [-0.39, 0.29) is 18.8 Å². The zero-order valence-electron chi connectivity index (χ0n) is 17.4. The lowest BCUT2D eigenvalue weighted by atomic mass is 10.2. The van der Waals surface area contributed by atoms with Crippen molar-refractivity contribution in [3.8, 4) is 16.9 Å². The predicted octanol–water partition coefficient (Wildman–Crippen LogP) is 3.60. The molecule has 164 valence electrons. The van der Waals surface area contributed by atoms with Gasteiger partial charge in [-0.05, 0) is 43.3 Å². The van der Waals surface area contributed by atoms with Crippen molar-refractivity contribution in [2.24, 2.45) is 0 Å². The van der Waals surface area contributed by atoms with E-state index in [0.29, 0.717) is 33.4 Å². The standard InChI is InChI=1S/C22H20ClN5O4/c1-3-32-22(30)20-16(13-28(26-20)15-9-7-14(23)8-10-15)19-21(24-12-18(29)31-2)27-11-5-4-6-17(27)25-19/h4-11,13,24H,3,12H2,1-2H3. The van der Waals surface area contributed by atoms with Gasteiger partial charge in [0, 0.05) is 17.4 Å². The summed E-state index contributed by atoms with van der Waals surface area (Å²) in [5.74, 6) is -0.498. The number of hydrogen-bond donors (Lipinski definition) is 1. The molecule has 3 aromatic heterocycles. The van der Waals surface area contributed by atoms with E-state index in [4.69, 9.17) is 21.1 Å². The highest BCUT2D eigenvalue weighted by Gasteiger charge is 2.25. The van der Waals surface area contributed by atoms with Gasteiger partial charge < -0.3 is 14.8 Å². The van der Waals surface area contributed by atoms with Gasteiger partial charge >= 0.3 is 11.9 Å². The summed E-state index contributed by atoms with van der Waals surface area (Å²) < 4.78 is 13.3. The fraction of sp³-hybridized carbons (Fsp3) is 0.182. The Kier molecular flexibility index (Phi) is 6.09. The van der Waals surface area contributed by atoms with Crippen LogP contribution in [0.3, 0.4) is 0 Å². The van der Waals surface area contributed by atoms with E-state index in [1.54, 1.807) is 52.7 Å². The highest BCUT2D eigenvalue weighted by Crippen LogP contribution is 2.32. The largest absolute Gasteiger partial charge is 0.468 e. The Hall–Kier alpha value is -3.85. The molecule has 0 saturated carbocycles. The third kappa shape index (κ3) is 4.15. The highest BCUT2D eigenvalue weighted by molar-refractivity contribution is 6.30. The molecule has 0 atom stereocenters. The zero-order valence-corrected chi connectivity index (χ0v) is 18.2. The Morgan fingerprint density at radius 3 is 2.66 bits per heavy atom. The maximum atomic E-state index is 12.7. The molecule has 1 aromatic carbocycles. The van der Waals surface area contributed by atoms with Gasteiger partial charge in [0.1, 0.15) is 23.7 Å². The quantitative estimate of drug-likeness (QED) is 0.427. The number of nitrogens with zero attached hydrogens (tertiary/aromatic N) is 4. The Morgan fingerprint density at radius 2 is 1.94 bits per heavy atom. The molecule has 0 fully saturated rings. The first-order valence-corrected chi connectivity index (χ1v) is 10.2.